The molecule has 5 heteroatoms. The van der Waals surface area contributed by atoms with Gasteiger partial charge in [0.25, 0.3) is 0 Å². The van der Waals surface area contributed by atoms with Crippen molar-refractivity contribution >= 4 is 19.1 Å². The molecule has 0 saturated heterocycles. The van der Waals surface area contributed by atoms with Crippen molar-refractivity contribution in [2.75, 3.05) is 0 Å². The van der Waals surface area contributed by atoms with Gasteiger partial charge >= 0.3 is 35.0 Å². The zero-order chi connectivity index (χ0) is 12.7. The average molecular weight is 362 g/mol. The van der Waals surface area contributed by atoms with Crippen molar-refractivity contribution in [2.45, 2.75) is 13.8 Å². The van der Waals surface area contributed by atoms with Crippen molar-refractivity contribution in [3.8, 4) is 11.4 Å². The van der Waals surface area contributed by atoms with E-state index in [1.54, 1.807) is 0 Å². The van der Waals surface area contributed by atoms with Crippen LogP contribution in [0.5, 0.6) is 0 Å². The molecule has 2 nitrogen and oxygen atoms in total. The zero-order valence-corrected chi connectivity index (χ0v) is 12.5. The van der Waals surface area contributed by atoms with Gasteiger partial charge in [0, 0.05) is 11.4 Å². The third-order valence-corrected chi connectivity index (χ3v) is 2.04. The first-order chi connectivity index (χ1) is 8.17. The Kier molecular flexibility index (Phi) is 6.69. The van der Waals surface area contributed by atoms with Crippen LogP contribution in [-0.2, 0) is 15.9 Å². The molecule has 2 aromatic rings. The Balaban J connectivity index is 0.000000437. The molecule has 0 N–H and O–H groups in total. The van der Waals surface area contributed by atoms with Crippen LogP contribution in [0.25, 0.3) is 11.4 Å². The predicted molar refractivity (Wildman–Crippen MR) is 68.6 cm³/mol. The van der Waals surface area contributed by atoms with Gasteiger partial charge in [-0.15, -0.1) is 0 Å². The fraction of sp³-hybridized carbons (Fsp3) is 0.167. The Morgan fingerprint density at radius 2 is 1.18 bits per heavy atom. The molecule has 0 amide bonds. The molecule has 0 radical (unpaired) electrons. The molecule has 2 rings (SSSR count). The van der Waals surface area contributed by atoms with Crippen LogP contribution in [-0.4, -0.2) is 9.97 Å². The third kappa shape index (κ3) is 5.14. The van der Waals surface area contributed by atoms with Gasteiger partial charge in [0.2, 0.25) is 0 Å². The van der Waals surface area contributed by atoms with Gasteiger partial charge in [-0.25, -0.2) is 0 Å². The van der Waals surface area contributed by atoms with Gasteiger partial charge in [0.05, 0.1) is 11.4 Å². The van der Waals surface area contributed by atoms with Crippen LogP contribution >= 0.6 is 19.1 Å². The second-order valence-corrected chi connectivity index (χ2v) is 5.73. The summed E-state index contributed by atoms with van der Waals surface area (Å²) in [6, 6.07) is 11.9. The first-order valence-electron chi connectivity index (χ1n) is 4.87. The average Bonchev–Trinajstić information content (AvgIpc) is 2.30. The van der Waals surface area contributed by atoms with Crippen LogP contribution in [0, 0.1) is 13.8 Å². The third-order valence-electron chi connectivity index (χ3n) is 2.04. The molecule has 2 heterocycles. The second kappa shape index (κ2) is 7.79. The van der Waals surface area contributed by atoms with Crippen molar-refractivity contribution in [1.82, 2.24) is 9.97 Å². The quantitative estimate of drug-likeness (QED) is 0.714. The summed E-state index contributed by atoms with van der Waals surface area (Å²) in [6.45, 7) is 3.97. The summed E-state index contributed by atoms with van der Waals surface area (Å²) in [7, 11) is 9.63. The normalized spacial score (nSPS) is 9.65. The summed E-state index contributed by atoms with van der Waals surface area (Å²) in [5.74, 6) is 0. The van der Waals surface area contributed by atoms with Gasteiger partial charge in [0.15, 0.2) is 0 Å². The molecule has 0 aliphatic carbocycles. The Labute approximate surface area is 118 Å². The Morgan fingerprint density at radius 3 is 1.47 bits per heavy atom. The molecule has 17 heavy (non-hydrogen) atoms. The van der Waals surface area contributed by atoms with E-state index in [0.717, 1.165) is 22.8 Å². The summed E-state index contributed by atoms with van der Waals surface area (Å²) < 4.78 is 0. The van der Waals surface area contributed by atoms with Crippen LogP contribution in [0.3, 0.4) is 0 Å². The number of hydrogen-bond donors (Lipinski definition) is 0. The number of pyridine rings is 2. The van der Waals surface area contributed by atoms with E-state index in [1.807, 2.05) is 50.2 Å². The van der Waals surface area contributed by atoms with E-state index in [4.69, 9.17) is 19.1 Å². The molecular weight excluding hydrogens is 349 g/mol. The van der Waals surface area contributed by atoms with Crippen LogP contribution in [0.1, 0.15) is 11.4 Å². The first-order valence-corrected chi connectivity index (χ1v) is 8.88. The summed E-state index contributed by atoms with van der Waals surface area (Å²) >= 11 is -0.106. The van der Waals surface area contributed by atoms with E-state index in [-0.39, 0.29) is 15.9 Å². The van der Waals surface area contributed by atoms with E-state index in [2.05, 4.69) is 9.97 Å². The van der Waals surface area contributed by atoms with Crippen molar-refractivity contribution in [3.63, 3.8) is 0 Å². The maximum atomic E-state index is 4.81. The first kappa shape index (κ1) is 14.6. The van der Waals surface area contributed by atoms with Crippen LogP contribution < -0.4 is 0 Å². The van der Waals surface area contributed by atoms with E-state index >= 15 is 0 Å². The van der Waals surface area contributed by atoms with E-state index in [9.17, 15) is 0 Å². The van der Waals surface area contributed by atoms with Gasteiger partial charge in [-0.3, -0.25) is 9.97 Å². The SMILES string of the molecule is Cc1cccc(-c2cccc(C)n2)n1.[Cl][Pd][Cl]. The van der Waals surface area contributed by atoms with Gasteiger partial charge < -0.3 is 0 Å². The summed E-state index contributed by atoms with van der Waals surface area (Å²) in [4.78, 5) is 8.84. The monoisotopic (exact) mass is 360 g/mol. The van der Waals surface area contributed by atoms with Gasteiger partial charge in [-0.1, -0.05) is 12.1 Å². The van der Waals surface area contributed by atoms with E-state index in [1.165, 1.54) is 0 Å². The minimum absolute atomic E-state index is 0.106. The van der Waals surface area contributed by atoms with Crippen molar-refractivity contribution in [1.29, 1.82) is 0 Å². The molecule has 2 aromatic heterocycles. The molecule has 0 saturated carbocycles. The molecule has 0 aliphatic heterocycles. The molecular formula is C12H12Cl2N2Pd. The number of halogens is 2. The predicted octanol–water partition coefficient (Wildman–Crippen LogP) is 4.14. The topological polar surface area (TPSA) is 25.8 Å². The Bertz CT molecular complexity index is 434. The Hall–Kier alpha value is -0.458. The van der Waals surface area contributed by atoms with Gasteiger partial charge in [-0.2, -0.15) is 0 Å². The molecule has 0 unspecified atom stereocenters. The van der Waals surface area contributed by atoms with Gasteiger partial charge in [-0.05, 0) is 38.1 Å². The van der Waals surface area contributed by atoms with Gasteiger partial charge in [0.1, 0.15) is 0 Å². The van der Waals surface area contributed by atoms with Crippen LogP contribution in [0.4, 0.5) is 0 Å². The van der Waals surface area contributed by atoms with E-state index in [0.29, 0.717) is 0 Å². The van der Waals surface area contributed by atoms with Crippen LogP contribution in [0.2, 0.25) is 0 Å². The van der Waals surface area contributed by atoms with Crippen molar-refractivity contribution in [2.24, 2.45) is 0 Å². The number of aromatic nitrogens is 2. The zero-order valence-electron chi connectivity index (χ0n) is 9.43. The molecule has 94 valence electrons. The number of rotatable bonds is 1. The number of aryl methyl sites for hydroxylation is 2. The molecule has 0 fully saturated rings. The van der Waals surface area contributed by atoms with Crippen molar-refractivity contribution < 1.29 is 15.9 Å². The van der Waals surface area contributed by atoms with E-state index < -0.39 is 0 Å². The number of hydrogen-bond acceptors (Lipinski definition) is 2. The standard InChI is InChI=1S/C12H12N2.2ClH.Pd/c1-9-5-3-7-11(13-9)12-8-4-6-10(2)14-12;;;/h3-8H,1-2H3;2*1H;/q;;;+2/p-2. The second-order valence-electron chi connectivity index (χ2n) is 3.37. The Morgan fingerprint density at radius 1 is 0.824 bits per heavy atom. The summed E-state index contributed by atoms with van der Waals surface area (Å²) in [5, 5.41) is 0. The van der Waals surface area contributed by atoms with Crippen molar-refractivity contribution in [3.05, 3.63) is 47.8 Å². The number of nitrogens with zero attached hydrogens (tertiary/aromatic N) is 2. The molecule has 0 bridgehead atoms. The summed E-state index contributed by atoms with van der Waals surface area (Å²) in [5.41, 5.74) is 3.92. The molecule has 0 spiro atoms. The molecule has 0 aromatic carbocycles. The minimum atomic E-state index is -0.106. The van der Waals surface area contributed by atoms with Crippen LogP contribution in [0.15, 0.2) is 36.4 Å². The summed E-state index contributed by atoms with van der Waals surface area (Å²) in [6.07, 6.45) is 0. The fourth-order valence-corrected chi connectivity index (χ4v) is 1.37. The fourth-order valence-electron chi connectivity index (χ4n) is 1.37. The molecule has 0 aliphatic rings. The molecule has 0 atom stereocenters. The maximum absolute atomic E-state index is 4.81.